The molecule has 2 atom stereocenters. The minimum Gasteiger partial charge on any atom is -0.493 e. The molecule has 2 rings (SSSR count). The van der Waals surface area contributed by atoms with E-state index in [-0.39, 0.29) is 17.5 Å². The van der Waals surface area contributed by atoms with Gasteiger partial charge < -0.3 is 20.3 Å². The Morgan fingerprint density at radius 1 is 1.63 bits per heavy atom. The molecular formula is C12H17N3O4. The van der Waals surface area contributed by atoms with Crippen LogP contribution in [0.3, 0.4) is 0 Å². The summed E-state index contributed by atoms with van der Waals surface area (Å²) in [6.45, 7) is 3.60. The van der Waals surface area contributed by atoms with Crippen molar-refractivity contribution in [3.8, 4) is 0 Å². The summed E-state index contributed by atoms with van der Waals surface area (Å²) in [6, 6.07) is 0. The van der Waals surface area contributed by atoms with Gasteiger partial charge in [0, 0.05) is 11.8 Å². The number of aryl methyl sites for hydroxylation is 1. The Morgan fingerprint density at radius 3 is 2.89 bits per heavy atom. The van der Waals surface area contributed by atoms with Gasteiger partial charge in [-0.05, 0) is 13.3 Å². The Kier molecular flexibility index (Phi) is 3.48. The second-order valence-corrected chi connectivity index (χ2v) is 4.34. The molecule has 0 spiro atoms. The summed E-state index contributed by atoms with van der Waals surface area (Å²) < 4.78 is 11.9. The van der Waals surface area contributed by atoms with E-state index in [2.05, 4.69) is 4.98 Å². The highest BCUT2D eigenvalue weighted by molar-refractivity contribution is 5.48. The van der Waals surface area contributed by atoms with E-state index < -0.39 is 17.9 Å². The maximum atomic E-state index is 11.9. The minimum atomic E-state index is -0.894. The van der Waals surface area contributed by atoms with Crippen LogP contribution >= 0.6 is 0 Å². The van der Waals surface area contributed by atoms with Gasteiger partial charge >= 0.3 is 5.69 Å². The molecule has 3 N–H and O–H groups in total. The van der Waals surface area contributed by atoms with Crippen LogP contribution < -0.4 is 11.4 Å². The Labute approximate surface area is 110 Å². The maximum absolute atomic E-state index is 11.9. The van der Waals surface area contributed by atoms with Gasteiger partial charge in [-0.2, -0.15) is 4.98 Å². The van der Waals surface area contributed by atoms with Crippen molar-refractivity contribution in [2.24, 2.45) is 0 Å². The van der Waals surface area contributed by atoms with Crippen molar-refractivity contribution < 1.29 is 14.6 Å². The third kappa shape index (κ3) is 2.17. The number of anilines is 1. The van der Waals surface area contributed by atoms with E-state index in [0.29, 0.717) is 12.0 Å². The van der Waals surface area contributed by atoms with E-state index >= 15 is 0 Å². The number of aliphatic hydroxyl groups is 1. The first-order chi connectivity index (χ1) is 8.99. The molecule has 1 aliphatic heterocycles. The van der Waals surface area contributed by atoms with Crippen LogP contribution in [0.1, 0.15) is 18.9 Å². The van der Waals surface area contributed by atoms with Crippen LogP contribution in [0.2, 0.25) is 0 Å². The summed E-state index contributed by atoms with van der Waals surface area (Å²) in [5.74, 6) is 0.564. The quantitative estimate of drug-likeness (QED) is 0.804. The molecule has 2 heterocycles. The first-order valence-electron chi connectivity index (χ1n) is 5.98. The Bertz CT molecular complexity index is 579. The van der Waals surface area contributed by atoms with Crippen LogP contribution in [0.15, 0.2) is 16.8 Å². The lowest BCUT2D eigenvalue weighted by Gasteiger charge is -2.13. The smallest absolute Gasteiger partial charge is 0.356 e. The number of nitrogen functional groups attached to an aromatic ring is 1. The van der Waals surface area contributed by atoms with Crippen LogP contribution in [0, 0.1) is 6.92 Å². The van der Waals surface area contributed by atoms with Crippen molar-refractivity contribution in [3.63, 3.8) is 0 Å². The summed E-state index contributed by atoms with van der Waals surface area (Å²) in [5, 5.41) is 10.0. The van der Waals surface area contributed by atoms with Gasteiger partial charge in [-0.3, -0.25) is 0 Å². The fourth-order valence-electron chi connectivity index (χ4n) is 1.96. The van der Waals surface area contributed by atoms with Gasteiger partial charge in [0.15, 0.2) is 11.9 Å². The van der Waals surface area contributed by atoms with E-state index in [1.54, 1.807) is 6.92 Å². The van der Waals surface area contributed by atoms with Crippen molar-refractivity contribution in [2.45, 2.75) is 32.5 Å². The lowest BCUT2D eigenvalue weighted by Crippen LogP contribution is -2.25. The molecule has 1 aliphatic rings. The lowest BCUT2D eigenvalue weighted by atomic mass is 10.1. The summed E-state index contributed by atoms with van der Waals surface area (Å²) in [5.41, 5.74) is 5.64. The molecule has 0 amide bonds. The van der Waals surface area contributed by atoms with Gasteiger partial charge in [-0.25, -0.2) is 9.36 Å². The normalized spacial score (nSPS) is 22.5. The second-order valence-electron chi connectivity index (χ2n) is 4.34. The average Bonchev–Trinajstić information content (AvgIpc) is 2.70. The molecule has 0 saturated carbocycles. The number of rotatable bonds is 3. The van der Waals surface area contributed by atoms with Crippen molar-refractivity contribution in [2.75, 3.05) is 12.8 Å². The molecule has 1 unspecified atom stereocenters. The molecule has 7 heteroatoms. The van der Waals surface area contributed by atoms with E-state index in [1.807, 2.05) is 6.92 Å². The largest absolute Gasteiger partial charge is 0.493 e. The highest BCUT2D eigenvalue weighted by Crippen LogP contribution is 2.30. The van der Waals surface area contributed by atoms with Crippen LogP contribution in [-0.4, -0.2) is 34.0 Å². The number of nitrogens with zero attached hydrogens (tertiary/aromatic N) is 2. The van der Waals surface area contributed by atoms with Crippen LogP contribution in [-0.2, 0) is 9.47 Å². The zero-order chi connectivity index (χ0) is 14.2. The van der Waals surface area contributed by atoms with E-state index in [1.165, 1.54) is 17.9 Å². The zero-order valence-electron chi connectivity index (χ0n) is 11.1. The third-order valence-corrected chi connectivity index (χ3v) is 3.08. The van der Waals surface area contributed by atoms with E-state index in [4.69, 9.17) is 15.2 Å². The monoisotopic (exact) mass is 267 g/mol. The first kappa shape index (κ1) is 13.4. The van der Waals surface area contributed by atoms with Crippen molar-refractivity contribution in [1.82, 2.24) is 9.55 Å². The molecule has 0 fully saturated rings. The minimum absolute atomic E-state index is 0.169. The van der Waals surface area contributed by atoms with Crippen molar-refractivity contribution in [3.05, 3.63) is 28.0 Å². The molecule has 0 aromatic carbocycles. The molecule has 19 heavy (non-hydrogen) atoms. The molecule has 0 saturated heterocycles. The molecule has 0 bridgehead atoms. The molecule has 0 radical (unpaired) electrons. The number of aromatic nitrogens is 2. The van der Waals surface area contributed by atoms with Gasteiger partial charge in [0.05, 0.1) is 7.11 Å². The number of aliphatic hydroxyl groups excluding tert-OH is 1. The summed E-state index contributed by atoms with van der Waals surface area (Å²) in [7, 11) is 1.42. The number of hydrogen-bond donors (Lipinski definition) is 2. The number of ether oxygens (including phenoxy) is 2. The Morgan fingerprint density at radius 2 is 2.32 bits per heavy atom. The Hall–Kier alpha value is -2.02. The second kappa shape index (κ2) is 4.93. The molecule has 1 aromatic rings. The van der Waals surface area contributed by atoms with E-state index in [0.717, 1.165) is 0 Å². The molecule has 104 valence electrons. The summed E-state index contributed by atoms with van der Waals surface area (Å²) in [4.78, 5) is 15.6. The highest BCUT2D eigenvalue weighted by atomic mass is 16.6. The zero-order valence-corrected chi connectivity index (χ0v) is 11.1. The van der Waals surface area contributed by atoms with Crippen LogP contribution in [0.4, 0.5) is 5.82 Å². The summed E-state index contributed by atoms with van der Waals surface area (Å²) >= 11 is 0. The number of nitrogens with two attached hydrogens (primary N) is 1. The SMILES string of the molecule is CC[C@H]1OC(n2cc(C)c(N)nc2=O)=C(OC)C1O. The third-order valence-electron chi connectivity index (χ3n) is 3.08. The fourth-order valence-corrected chi connectivity index (χ4v) is 1.96. The van der Waals surface area contributed by atoms with Crippen molar-refractivity contribution in [1.29, 1.82) is 0 Å². The van der Waals surface area contributed by atoms with Gasteiger partial charge in [0.2, 0.25) is 5.88 Å². The number of hydrogen-bond acceptors (Lipinski definition) is 6. The highest BCUT2D eigenvalue weighted by Gasteiger charge is 2.37. The first-order valence-corrected chi connectivity index (χ1v) is 5.98. The molecule has 1 aromatic heterocycles. The predicted molar refractivity (Wildman–Crippen MR) is 69.0 cm³/mol. The van der Waals surface area contributed by atoms with Crippen molar-refractivity contribution >= 4 is 11.7 Å². The molecule has 7 nitrogen and oxygen atoms in total. The predicted octanol–water partition coefficient (Wildman–Crippen LogP) is 0.0761. The number of methoxy groups -OCH3 is 1. The molecule has 0 aliphatic carbocycles. The fraction of sp³-hybridized carbons (Fsp3) is 0.500. The topological polar surface area (TPSA) is 99.6 Å². The summed E-state index contributed by atoms with van der Waals surface area (Å²) in [6.07, 6.45) is 0.779. The van der Waals surface area contributed by atoms with Gasteiger partial charge in [-0.15, -0.1) is 0 Å². The van der Waals surface area contributed by atoms with Gasteiger partial charge in [0.25, 0.3) is 0 Å². The van der Waals surface area contributed by atoms with Gasteiger partial charge in [-0.1, -0.05) is 6.92 Å². The molecular weight excluding hydrogens is 250 g/mol. The van der Waals surface area contributed by atoms with E-state index in [9.17, 15) is 9.90 Å². The Balaban J connectivity index is 2.54. The standard InChI is InChI=1S/C12H17N3O4/c1-4-7-8(16)9(18-3)11(19-7)15-5-6(2)10(13)14-12(15)17/h5,7-8,16H,4H2,1-3H3,(H2,13,14,17)/t7-,8?/m1/s1. The lowest BCUT2D eigenvalue weighted by molar-refractivity contribution is 0.0431. The van der Waals surface area contributed by atoms with Crippen LogP contribution in [0.25, 0.3) is 5.88 Å². The maximum Gasteiger partial charge on any atom is 0.356 e. The average molecular weight is 267 g/mol. The van der Waals surface area contributed by atoms with Gasteiger partial charge in [0.1, 0.15) is 11.9 Å². The van der Waals surface area contributed by atoms with Crippen LogP contribution in [0.5, 0.6) is 0 Å².